The summed E-state index contributed by atoms with van der Waals surface area (Å²) in [5, 5.41) is 21.9. The van der Waals surface area contributed by atoms with Gasteiger partial charge in [0.05, 0.1) is 18.2 Å². The fourth-order valence-corrected chi connectivity index (χ4v) is 2.57. The van der Waals surface area contributed by atoms with Crippen molar-refractivity contribution in [2.45, 2.75) is 44.1 Å². The summed E-state index contributed by atoms with van der Waals surface area (Å²) in [6.07, 6.45) is 3.51. The van der Waals surface area contributed by atoms with Gasteiger partial charge in [-0.05, 0) is 31.5 Å². The molecular weight excluding hydrogens is 270 g/mol. The predicted octanol–water partition coefficient (Wildman–Crippen LogP) is -0.0961. The zero-order chi connectivity index (χ0) is 15.2. The molecule has 6 nitrogen and oxygen atoms in total. The van der Waals surface area contributed by atoms with E-state index in [0.29, 0.717) is 25.8 Å². The van der Waals surface area contributed by atoms with E-state index in [9.17, 15) is 15.0 Å². The lowest BCUT2D eigenvalue weighted by Crippen LogP contribution is -2.43. The number of aromatic nitrogens is 1. The third kappa shape index (κ3) is 4.77. The summed E-state index contributed by atoms with van der Waals surface area (Å²) >= 11 is 0. The van der Waals surface area contributed by atoms with Gasteiger partial charge in [0, 0.05) is 31.9 Å². The summed E-state index contributed by atoms with van der Waals surface area (Å²) in [5.41, 5.74) is 1.11. The summed E-state index contributed by atoms with van der Waals surface area (Å²) in [6.45, 7) is 1.37. The van der Waals surface area contributed by atoms with Crippen molar-refractivity contribution in [1.29, 1.82) is 0 Å². The van der Waals surface area contributed by atoms with Gasteiger partial charge in [-0.25, -0.2) is 0 Å². The molecule has 2 rings (SSSR count). The van der Waals surface area contributed by atoms with Gasteiger partial charge in [-0.3, -0.25) is 9.78 Å². The van der Waals surface area contributed by atoms with E-state index in [4.69, 9.17) is 0 Å². The zero-order valence-corrected chi connectivity index (χ0v) is 12.3. The molecule has 116 valence electrons. The first-order valence-corrected chi connectivity index (χ1v) is 7.29. The Labute approximate surface area is 124 Å². The molecule has 1 heterocycles. The van der Waals surface area contributed by atoms with Crippen molar-refractivity contribution in [3.05, 3.63) is 30.1 Å². The second-order valence-corrected chi connectivity index (χ2v) is 5.66. The predicted molar refractivity (Wildman–Crippen MR) is 78.4 cm³/mol. The fraction of sp³-hybridized carbons (Fsp3) is 0.600. The summed E-state index contributed by atoms with van der Waals surface area (Å²) < 4.78 is 0. The first-order chi connectivity index (χ1) is 10.1. The average molecular weight is 293 g/mol. The highest BCUT2D eigenvalue weighted by Crippen LogP contribution is 2.19. The van der Waals surface area contributed by atoms with Crippen LogP contribution in [0, 0.1) is 0 Å². The highest BCUT2D eigenvalue weighted by atomic mass is 16.3. The first-order valence-electron chi connectivity index (χ1n) is 7.29. The number of rotatable bonds is 6. The monoisotopic (exact) mass is 293 g/mol. The molecule has 0 aromatic carbocycles. The van der Waals surface area contributed by atoms with Crippen LogP contribution in [0.4, 0.5) is 0 Å². The normalized spacial score (nSPS) is 25.2. The Kier molecular flexibility index (Phi) is 5.67. The summed E-state index contributed by atoms with van der Waals surface area (Å²) in [4.78, 5) is 18.0. The van der Waals surface area contributed by atoms with Gasteiger partial charge in [0.15, 0.2) is 0 Å². The molecule has 0 aliphatic heterocycles. The van der Waals surface area contributed by atoms with E-state index in [1.165, 1.54) is 0 Å². The number of hydrogen-bond donors (Lipinski definition) is 3. The molecule has 1 aromatic rings. The number of aliphatic hydroxyl groups is 2. The van der Waals surface area contributed by atoms with Gasteiger partial charge in [0.25, 0.3) is 0 Å². The maximum atomic E-state index is 11.9. The lowest BCUT2D eigenvalue weighted by molar-refractivity contribution is -0.123. The van der Waals surface area contributed by atoms with Crippen molar-refractivity contribution in [3.8, 4) is 0 Å². The maximum Gasteiger partial charge on any atom is 0.221 e. The standard InChI is InChI=1S/C15H23N3O3/c1-18(10-11-3-2-7-16-9-11)8-6-14(20)17-12-4-5-13(19)15(12)21/h2-3,7,9,12-13,15,19,21H,4-6,8,10H2,1H3,(H,17,20)/t12-,13-,15-/m1/s1. The Morgan fingerprint density at radius 1 is 1.48 bits per heavy atom. The van der Waals surface area contributed by atoms with Crippen LogP contribution < -0.4 is 5.32 Å². The average Bonchev–Trinajstić information content (AvgIpc) is 2.78. The van der Waals surface area contributed by atoms with Crippen LogP contribution in [-0.4, -0.2) is 57.8 Å². The molecular formula is C15H23N3O3. The van der Waals surface area contributed by atoms with Crippen LogP contribution in [0.3, 0.4) is 0 Å². The summed E-state index contributed by atoms with van der Waals surface area (Å²) in [7, 11) is 1.95. The number of amides is 1. The SMILES string of the molecule is CN(CCC(=O)N[C@@H]1CC[C@@H](O)[C@@H]1O)Cc1cccnc1. The third-order valence-electron chi connectivity index (χ3n) is 3.82. The van der Waals surface area contributed by atoms with Crippen molar-refractivity contribution < 1.29 is 15.0 Å². The molecule has 1 aromatic heterocycles. The fourth-order valence-electron chi connectivity index (χ4n) is 2.57. The molecule has 1 saturated carbocycles. The minimum Gasteiger partial charge on any atom is -0.390 e. The van der Waals surface area contributed by atoms with Gasteiger partial charge in [-0.1, -0.05) is 6.07 Å². The molecule has 0 saturated heterocycles. The van der Waals surface area contributed by atoms with Crippen molar-refractivity contribution in [2.75, 3.05) is 13.6 Å². The van der Waals surface area contributed by atoms with Crippen LogP contribution >= 0.6 is 0 Å². The molecule has 0 bridgehead atoms. The largest absolute Gasteiger partial charge is 0.390 e. The molecule has 3 N–H and O–H groups in total. The van der Waals surface area contributed by atoms with Gasteiger partial charge in [-0.15, -0.1) is 0 Å². The molecule has 1 fully saturated rings. The van der Waals surface area contributed by atoms with Gasteiger partial charge >= 0.3 is 0 Å². The molecule has 1 aliphatic rings. The number of aliphatic hydroxyl groups excluding tert-OH is 2. The molecule has 0 radical (unpaired) electrons. The first kappa shape index (κ1) is 15.9. The van der Waals surface area contributed by atoms with E-state index in [-0.39, 0.29) is 11.9 Å². The van der Waals surface area contributed by atoms with Crippen LogP contribution in [0.5, 0.6) is 0 Å². The maximum absolute atomic E-state index is 11.9. The van der Waals surface area contributed by atoms with Crippen LogP contribution in [-0.2, 0) is 11.3 Å². The molecule has 6 heteroatoms. The number of nitrogens with zero attached hydrogens (tertiary/aromatic N) is 2. The smallest absolute Gasteiger partial charge is 0.221 e. The van der Waals surface area contributed by atoms with E-state index < -0.39 is 12.2 Å². The summed E-state index contributed by atoms with van der Waals surface area (Å²) in [5.74, 6) is -0.0915. The number of carbonyl (C=O) groups is 1. The van der Waals surface area contributed by atoms with Gasteiger partial charge in [0.2, 0.25) is 5.91 Å². The lowest BCUT2D eigenvalue weighted by Gasteiger charge is -2.20. The number of pyridine rings is 1. The quantitative estimate of drug-likeness (QED) is 0.682. The molecule has 21 heavy (non-hydrogen) atoms. The second kappa shape index (κ2) is 7.49. The van der Waals surface area contributed by atoms with Crippen molar-refractivity contribution in [3.63, 3.8) is 0 Å². The van der Waals surface area contributed by atoms with Gasteiger partial charge in [-0.2, -0.15) is 0 Å². The highest BCUT2D eigenvalue weighted by Gasteiger charge is 2.34. The minimum absolute atomic E-state index is 0.0915. The number of nitrogens with one attached hydrogen (secondary N) is 1. The van der Waals surface area contributed by atoms with Crippen LogP contribution in [0.1, 0.15) is 24.8 Å². The molecule has 0 spiro atoms. The van der Waals surface area contributed by atoms with Crippen molar-refractivity contribution in [1.82, 2.24) is 15.2 Å². The Morgan fingerprint density at radius 2 is 2.29 bits per heavy atom. The van der Waals surface area contributed by atoms with Crippen molar-refractivity contribution >= 4 is 5.91 Å². The molecule has 0 unspecified atom stereocenters. The number of carbonyl (C=O) groups excluding carboxylic acids is 1. The zero-order valence-electron chi connectivity index (χ0n) is 12.3. The topological polar surface area (TPSA) is 85.7 Å². The lowest BCUT2D eigenvalue weighted by atomic mass is 10.2. The number of hydrogen-bond acceptors (Lipinski definition) is 5. The van der Waals surface area contributed by atoms with Gasteiger partial charge in [0.1, 0.15) is 0 Å². The third-order valence-corrected chi connectivity index (χ3v) is 3.82. The Balaban J connectivity index is 1.69. The van der Waals surface area contributed by atoms with E-state index in [0.717, 1.165) is 12.1 Å². The van der Waals surface area contributed by atoms with E-state index in [1.54, 1.807) is 6.20 Å². The second-order valence-electron chi connectivity index (χ2n) is 5.66. The van der Waals surface area contributed by atoms with Crippen molar-refractivity contribution in [2.24, 2.45) is 0 Å². The summed E-state index contributed by atoms with van der Waals surface area (Å²) in [6, 6.07) is 3.57. The van der Waals surface area contributed by atoms with E-state index >= 15 is 0 Å². The highest BCUT2D eigenvalue weighted by molar-refractivity contribution is 5.76. The van der Waals surface area contributed by atoms with E-state index in [2.05, 4.69) is 15.2 Å². The molecule has 1 amide bonds. The Hall–Kier alpha value is -1.50. The van der Waals surface area contributed by atoms with Crippen LogP contribution in [0.25, 0.3) is 0 Å². The Bertz CT molecular complexity index is 455. The molecule has 1 aliphatic carbocycles. The Morgan fingerprint density at radius 3 is 2.90 bits per heavy atom. The minimum atomic E-state index is -0.845. The van der Waals surface area contributed by atoms with E-state index in [1.807, 2.05) is 25.4 Å². The van der Waals surface area contributed by atoms with Crippen LogP contribution in [0.15, 0.2) is 24.5 Å². The van der Waals surface area contributed by atoms with Gasteiger partial charge < -0.3 is 20.4 Å². The molecule has 3 atom stereocenters. The van der Waals surface area contributed by atoms with Crippen LogP contribution in [0.2, 0.25) is 0 Å².